The number of piperidine rings is 1. The molecule has 1 spiro atoms. The van der Waals surface area contributed by atoms with Gasteiger partial charge in [0.1, 0.15) is 11.4 Å². The number of pyridine rings is 1. The summed E-state index contributed by atoms with van der Waals surface area (Å²) in [4.78, 5) is 21.6. The molecule has 2 amide bonds. The Morgan fingerprint density at radius 3 is 2.74 bits per heavy atom. The molecule has 4 aliphatic rings. The summed E-state index contributed by atoms with van der Waals surface area (Å²) in [7, 11) is 0. The van der Waals surface area contributed by atoms with Crippen LogP contribution in [0.3, 0.4) is 0 Å². The minimum atomic E-state index is -2.82. The number of alkyl halides is 3. The van der Waals surface area contributed by atoms with Crippen LogP contribution in [0.15, 0.2) is 18.5 Å². The van der Waals surface area contributed by atoms with Gasteiger partial charge in [0, 0.05) is 31.4 Å². The highest BCUT2D eigenvalue weighted by Gasteiger charge is 2.51. The van der Waals surface area contributed by atoms with Crippen molar-refractivity contribution in [2.45, 2.75) is 75.4 Å². The van der Waals surface area contributed by atoms with E-state index in [2.05, 4.69) is 30.3 Å². The maximum absolute atomic E-state index is 14.8. The van der Waals surface area contributed by atoms with Gasteiger partial charge in [0.25, 0.3) is 0 Å². The molecule has 10 nitrogen and oxygen atoms in total. The van der Waals surface area contributed by atoms with E-state index in [1.165, 1.54) is 0 Å². The number of nitrogens with one attached hydrogen (secondary N) is 2. The molecule has 0 radical (unpaired) electrons. The van der Waals surface area contributed by atoms with E-state index in [4.69, 9.17) is 0 Å². The van der Waals surface area contributed by atoms with Crippen LogP contribution in [0, 0.1) is 0 Å². The number of halogens is 3. The SMILES string of the molecule is O=C(Nc1cn[nH]c1-c1cc2c(cn1)c(N1CC(OC(F)F)C1)nn2CC1(F)CC1)N1CCCCC12CC2. The molecule has 13 heteroatoms. The third-order valence-corrected chi connectivity index (χ3v) is 8.34. The van der Waals surface area contributed by atoms with E-state index in [1.54, 1.807) is 23.1 Å². The van der Waals surface area contributed by atoms with E-state index in [-0.39, 0.29) is 31.2 Å². The fourth-order valence-electron chi connectivity index (χ4n) is 5.78. The molecule has 0 aromatic carbocycles. The third-order valence-electron chi connectivity index (χ3n) is 8.34. The van der Waals surface area contributed by atoms with Crippen molar-refractivity contribution < 1.29 is 22.7 Å². The van der Waals surface area contributed by atoms with E-state index in [9.17, 15) is 18.0 Å². The number of likely N-dealkylation sites (tertiary alicyclic amines) is 1. The zero-order valence-electron chi connectivity index (χ0n) is 20.8. The van der Waals surface area contributed by atoms with Crippen LogP contribution in [0.1, 0.15) is 44.9 Å². The predicted molar refractivity (Wildman–Crippen MR) is 133 cm³/mol. The number of anilines is 2. The van der Waals surface area contributed by atoms with E-state index >= 15 is 0 Å². The molecule has 2 aliphatic carbocycles. The first kappa shape index (κ1) is 23.7. The number of carbonyl (C=O) groups excluding carboxylic acids is 1. The van der Waals surface area contributed by atoms with Gasteiger partial charge < -0.3 is 19.9 Å². The number of rotatable bonds is 7. The average molecular weight is 531 g/mol. The summed E-state index contributed by atoms with van der Waals surface area (Å²) in [6.07, 6.45) is 8.88. The Balaban J connectivity index is 1.17. The molecule has 38 heavy (non-hydrogen) atoms. The largest absolute Gasteiger partial charge is 0.349 e. The molecule has 2 saturated heterocycles. The highest BCUT2D eigenvalue weighted by atomic mass is 19.3. The molecule has 0 bridgehead atoms. The van der Waals surface area contributed by atoms with Crippen LogP contribution in [-0.4, -0.2) is 79.5 Å². The number of amides is 2. The van der Waals surface area contributed by atoms with E-state index < -0.39 is 18.4 Å². The minimum absolute atomic E-state index is 0.00759. The molecule has 0 unspecified atom stereocenters. The predicted octanol–water partition coefficient (Wildman–Crippen LogP) is 4.30. The molecule has 202 valence electrons. The highest BCUT2D eigenvalue weighted by Crippen LogP contribution is 2.48. The zero-order valence-corrected chi connectivity index (χ0v) is 20.8. The van der Waals surface area contributed by atoms with Crippen LogP contribution in [-0.2, 0) is 11.3 Å². The Morgan fingerprint density at radius 1 is 1.18 bits per heavy atom. The van der Waals surface area contributed by atoms with Crippen LogP contribution in [0.5, 0.6) is 0 Å². The second-order valence-electron chi connectivity index (χ2n) is 11.1. The van der Waals surface area contributed by atoms with Crippen molar-refractivity contribution in [2.24, 2.45) is 0 Å². The van der Waals surface area contributed by atoms with Crippen molar-refractivity contribution >= 4 is 28.4 Å². The van der Waals surface area contributed by atoms with Crippen LogP contribution in [0.25, 0.3) is 22.3 Å². The molecule has 5 heterocycles. The first-order valence-corrected chi connectivity index (χ1v) is 13.2. The van der Waals surface area contributed by atoms with Crippen molar-refractivity contribution in [3.05, 3.63) is 18.5 Å². The summed E-state index contributed by atoms with van der Waals surface area (Å²) >= 11 is 0. The summed E-state index contributed by atoms with van der Waals surface area (Å²) in [6.45, 7) is -1.44. The van der Waals surface area contributed by atoms with Gasteiger partial charge >= 0.3 is 12.6 Å². The summed E-state index contributed by atoms with van der Waals surface area (Å²) in [5, 5.41) is 15.4. The van der Waals surface area contributed by atoms with Crippen LogP contribution < -0.4 is 10.2 Å². The molecule has 2 aliphatic heterocycles. The molecular weight excluding hydrogens is 501 g/mol. The summed E-state index contributed by atoms with van der Waals surface area (Å²) in [6, 6.07) is 1.67. The second kappa shape index (κ2) is 8.58. The lowest BCUT2D eigenvalue weighted by atomic mass is 10.0. The molecule has 3 aromatic rings. The molecule has 7 rings (SSSR count). The third kappa shape index (κ3) is 4.16. The number of aromatic amines is 1. The number of hydrogen-bond donors (Lipinski definition) is 2. The quantitative estimate of drug-likeness (QED) is 0.472. The van der Waals surface area contributed by atoms with Gasteiger partial charge in [-0.3, -0.25) is 14.8 Å². The molecule has 0 atom stereocenters. The second-order valence-corrected chi connectivity index (χ2v) is 11.1. The fraction of sp³-hybridized carbons (Fsp3) is 0.600. The smallest absolute Gasteiger partial charge is 0.345 e. The number of nitrogens with zero attached hydrogens (tertiary/aromatic N) is 6. The Morgan fingerprint density at radius 2 is 2.00 bits per heavy atom. The van der Waals surface area contributed by atoms with Gasteiger partial charge in [-0.15, -0.1) is 0 Å². The lowest BCUT2D eigenvalue weighted by molar-refractivity contribution is -0.167. The topological polar surface area (TPSA) is 104 Å². The number of aromatic nitrogens is 5. The molecule has 2 N–H and O–H groups in total. The maximum atomic E-state index is 14.8. The number of ether oxygens (including phenoxy) is 1. The monoisotopic (exact) mass is 530 g/mol. The standard InChI is InChI=1S/C25H29F3N8O2/c26-22(27)38-15-12-34(13-15)21-16-10-29-17(9-19(16)36(33-21)14-24(28)4-5-24)20-18(11-30-32-20)31-23(37)35-8-2-1-3-25(35)6-7-25/h9-11,15,22H,1-8,12-14H2,(H,30,32)(H,31,37). The Kier molecular flexibility index (Phi) is 5.36. The van der Waals surface area contributed by atoms with Gasteiger partial charge in [0.15, 0.2) is 5.82 Å². The number of carbonyl (C=O) groups is 1. The Hall–Kier alpha value is -3.35. The fourth-order valence-corrected chi connectivity index (χ4v) is 5.78. The van der Waals surface area contributed by atoms with Gasteiger partial charge in [0.05, 0.1) is 41.1 Å². The van der Waals surface area contributed by atoms with Crippen LogP contribution in [0.4, 0.5) is 29.5 Å². The van der Waals surface area contributed by atoms with Crippen LogP contribution >= 0.6 is 0 Å². The lowest BCUT2D eigenvalue weighted by Crippen LogP contribution is -2.53. The maximum Gasteiger partial charge on any atom is 0.345 e. The van der Waals surface area contributed by atoms with Crippen LogP contribution in [0.2, 0.25) is 0 Å². The number of hydrogen-bond acceptors (Lipinski definition) is 6. The minimum Gasteiger partial charge on any atom is -0.349 e. The molecule has 4 fully saturated rings. The van der Waals surface area contributed by atoms with E-state index in [0.29, 0.717) is 46.6 Å². The van der Waals surface area contributed by atoms with Crippen molar-refractivity contribution in [3.8, 4) is 11.4 Å². The summed E-state index contributed by atoms with van der Waals surface area (Å²) < 4.78 is 46.2. The van der Waals surface area contributed by atoms with E-state index in [0.717, 1.165) is 38.6 Å². The number of fused-ring (bicyclic) bond motifs is 1. The zero-order chi connectivity index (χ0) is 26.1. The van der Waals surface area contributed by atoms with Crippen molar-refractivity contribution in [3.63, 3.8) is 0 Å². The first-order valence-electron chi connectivity index (χ1n) is 13.2. The van der Waals surface area contributed by atoms with Gasteiger partial charge in [-0.05, 0) is 51.0 Å². The van der Waals surface area contributed by atoms with Crippen molar-refractivity contribution in [1.29, 1.82) is 0 Å². The number of urea groups is 1. The van der Waals surface area contributed by atoms with Crippen molar-refractivity contribution in [1.82, 2.24) is 29.9 Å². The number of H-pyrrole nitrogens is 1. The van der Waals surface area contributed by atoms with Gasteiger partial charge in [0.2, 0.25) is 0 Å². The Labute approximate surface area is 216 Å². The molecular formula is C25H29F3N8O2. The highest BCUT2D eigenvalue weighted by molar-refractivity contribution is 5.96. The first-order chi connectivity index (χ1) is 18.3. The molecule has 3 aromatic heterocycles. The lowest BCUT2D eigenvalue weighted by Gasteiger charge is -2.38. The summed E-state index contributed by atoms with van der Waals surface area (Å²) in [5.41, 5.74) is 0.987. The molecule has 2 saturated carbocycles. The Bertz CT molecular complexity index is 1380. The van der Waals surface area contributed by atoms with Gasteiger partial charge in [-0.2, -0.15) is 19.0 Å². The van der Waals surface area contributed by atoms with Gasteiger partial charge in [-0.1, -0.05) is 0 Å². The average Bonchev–Trinajstić information content (AvgIpc) is 3.70. The summed E-state index contributed by atoms with van der Waals surface area (Å²) in [5.74, 6) is 0.565. The van der Waals surface area contributed by atoms with Gasteiger partial charge in [-0.25, -0.2) is 9.18 Å². The van der Waals surface area contributed by atoms with Crippen molar-refractivity contribution in [2.75, 3.05) is 29.9 Å². The van der Waals surface area contributed by atoms with E-state index in [1.807, 2.05) is 9.80 Å². The normalized spacial score (nSPS) is 21.8.